The first-order valence-corrected chi connectivity index (χ1v) is 8.22. The van der Waals surface area contributed by atoms with Gasteiger partial charge in [0.15, 0.2) is 0 Å². The van der Waals surface area contributed by atoms with Gasteiger partial charge in [-0.05, 0) is 18.6 Å². The van der Waals surface area contributed by atoms with Crippen LogP contribution in [0.15, 0.2) is 24.5 Å². The Morgan fingerprint density at radius 1 is 1.32 bits per heavy atom. The van der Waals surface area contributed by atoms with Gasteiger partial charge in [-0.1, -0.05) is 0 Å². The second-order valence-corrected chi connectivity index (χ2v) is 6.75. The maximum Gasteiger partial charge on any atom is 0.266 e. The van der Waals surface area contributed by atoms with E-state index in [0.717, 1.165) is 4.90 Å². The van der Waals surface area contributed by atoms with E-state index in [9.17, 15) is 18.4 Å². The maximum atomic E-state index is 14.4. The van der Waals surface area contributed by atoms with E-state index in [1.807, 2.05) is 0 Å². The second-order valence-electron chi connectivity index (χ2n) is 6.75. The number of hydrogen-bond acceptors (Lipinski definition) is 4. The molecule has 1 atom stereocenters. The molecule has 25 heavy (non-hydrogen) atoms. The number of ether oxygens (including phenoxy) is 1. The molecule has 0 saturated carbocycles. The normalized spacial score (nSPS) is 25.6. The highest BCUT2D eigenvalue weighted by molar-refractivity contribution is 5.95. The SMILES string of the molecule is COCCN1CC[C@@]2(CN(C(=O)c3ccncc3)CC(F)(F)C2)C1=O. The van der Waals surface area contributed by atoms with E-state index in [1.54, 1.807) is 4.90 Å². The highest BCUT2D eigenvalue weighted by Crippen LogP contribution is 2.45. The van der Waals surface area contributed by atoms with Crippen LogP contribution in [0.1, 0.15) is 23.2 Å². The molecule has 6 nitrogen and oxygen atoms in total. The fourth-order valence-electron chi connectivity index (χ4n) is 3.75. The minimum atomic E-state index is -3.09. The third kappa shape index (κ3) is 3.49. The lowest BCUT2D eigenvalue weighted by atomic mass is 9.76. The molecule has 2 saturated heterocycles. The van der Waals surface area contributed by atoms with Crippen molar-refractivity contribution < 1.29 is 23.1 Å². The number of amides is 2. The summed E-state index contributed by atoms with van der Waals surface area (Å²) in [5.74, 6) is -3.89. The topological polar surface area (TPSA) is 62.7 Å². The quantitative estimate of drug-likeness (QED) is 0.822. The molecule has 0 aromatic carbocycles. The molecule has 1 aromatic rings. The Bertz CT molecular complexity index is 656. The predicted molar refractivity (Wildman–Crippen MR) is 85.2 cm³/mol. The molecule has 0 bridgehead atoms. The smallest absolute Gasteiger partial charge is 0.266 e. The molecule has 3 rings (SSSR count). The molecule has 2 aliphatic heterocycles. The number of hydrogen-bond donors (Lipinski definition) is 0. The van der Waals surface area contributed by atoms with Gasteiger partial charge in [0.05, 0.1) is 18.6 Å². The van der Waals surface area contributed by atoms with E-state index < -0.39 is 30.2 Å². The van der Waals surface area contributed by atoms with Crippen molar-refractivity contribution in [2.24, 2.45) is 5.41 Å². The van der Waals surface area contributed by atoms with E-state index in [4.69, 9.17) is 4.74 Å². The van der Waals surface area contributed by atoms with Gasteiger partial charge in [-0.25, -0.2) is 8.78 Å². The van der Waals surface area contributed by atoms with Gasteiger partial charge >= 0.3 is 0 Å². The predicted octanol–water partition coefficient (Wildman–Crippen LogP) is 1.43. The van der Waals surface area contributed by atoms with E-state index in [2.05, 4.69) is 4.98 Å². The van der Waals surface area contributed by atoms with Crippen LogP contribution in [0.3, 0.4) is 0 Å². The monoisotopic (exact) mass is 353 g/mol. The Labute approximate surface area is 144 Å². The highest BCUT2D eigenvalue weighted by atomic mass is 19.3. The number of aromatic nitrogens is 1. The Kier molecular flexibility index (Phi) is 4.73. The third-order valence-corrected chi connectivity index (χ3v) is 4.89. The van der Waals surface area contributed by atoms with Crippen molar-refractivity contribution in [3.05, 3.63) is 30.1 Å². The minimum Gasteiger partial charge on any atom is -0.383 e. The molecule has 2 fully saturated rings. The molecule has 1 spiro atoms. The molecule has 136 valence electrons. The van der Waals surface area contributed by atoms with Gasteiger partial charge in [0.25, 0.3) is 11.8 Å². The average molecular weight is 353 g/mol. The Morgan fingerprint density at radius 3 is 2.72 bits per heavy atom. The molecular weight excluding hydrogens is 332 g/mol. The summed E-state index contributed by atoms with van der Waals surface area (Å²) in [6, 6.07) is 2.98. The zero-order valence-electron chi connectivity index (χ0n) is 14.1. The molecule has 8 heteroatoms. The van der Waals surface area contributed by atoms with Crippen LogP contribution in [-0.2, 0) is 9.53 Å². The van der Waals surface area contributed by atoms with Crippen molar-refractivity contribution in [2.75, 3.05) is 39.9 Å². The lowest BCUT2D eigenvalue weighted by molar-refractivity contribution is -0.151. The zero-order chi connectivity index (χ0) is 18.1. The summed E-state index contributed by atoms with van der Waals surface area (Å²) in [7, 11) is 1.53. The molecular formula is C17H21F2N3O3. The van der Waals surface area contributed by atoms with Crippen molar-refractivity contribution in [3.63, 3.8) is 0 Å². The molecule has 2 amide bonds. The molecule has 0 aliphatic carbocycles. The number of pyridine rings is 1. The van der Waals surface area contributed by atoms with Crippen LogP contribution in [0, 0.1) is 5.41 Å². The first-order valence-electron chi connectivity index (χ1n) is 8.22. The van der Waals surface area contributed by atoms with Crippen molar-refractivity contribution in [3.8, 4) is 0 Å². The fraction of sp³-hybridized carbons (Fsp3) is 0.588. The van der Waals surface area contributed by atoms with Gasteiger partial charge in [0.2, 0.25) is 5.91 Å². The number of likely N-dealkylation sites (tertiary alicyclic amines) is 2. The second kappa shape index (κ2) is 6.67. The summed E-state index contributed by atoms with van der Waals surface area (Å²) in [6.45, 7) is 0.502. The van der Waals surface area contributed by atoms with Crippen molar-refractivity contribution in [1.82, 2.24) is 14.8 Å². The van der Waals surface area contributed by atoms with E-state index in [1.165, 1.54) is 31.6 Å². The van der Waals surface area contributed by atoms with Gasteiger partial charge in [-0.3, -0.25) is 14.6 Å². The van der Waals surface area contributed by atoms with Crippen molar-refractivity contribution >= 4 is 11.8 Å². The van der Waals surface area contributed by atoms with Crippen LogP contribution >= 0.6 is 0 Å². The lowest BCUT2D eigenvalue weighted by Gasteiger charge is -2.42. The molecule has 0 radical (unpaired) electrons. The van der Waals surface area contributed by atoms with Gasteiger partial charge in [-0.2, -0.15) is 0 Å². The van der Waals surface area contributed by atoms with Crippen molar-refractivity contribution in [2.45, 2.75) is 18.8 Å². The number of methoxy groups -OCH3 is 1. The van der Waals surface area contributed by atoms with Gasteiger partial charge in [-0.15, -0.1) is 0 Å². The molecule has 1 aromatic heterocycles. The summed E-state index contributed by atoms with van der Waals surface area (Å²) >= 11 is 0. The van der Waals surface area contributed by atoms with Crippen LogP contribution in [0.5, 0.6) is 0 Å². The highest BCUT2D eigenvalue weighted by Gasteiger charge is 2.57. The Balaban J connectivity index is 1.82. The van der Waals surface area contributed by atoms with E-state index in [-0.39, 0.29) is 12.5 Å². The summed E-state index contributed by atoms with van der Waals surface area (Å²) < 4.78 is 33.7. The number of nitrogens with zero attached hydrogens (tertiary/aromatic N) is 3. The van der Waals surface area contributed by atoms with Crippen LogP contribution in [0.25, 0.3) is 0 Å². The summed E-state index contributed by atoms with van der Waals surface area (Å²) in [5.41, 5.74) is -0.914. The summed E-state index contributed by atoms with van der Waals surface area (Å²) in [6.07, 6.45) is 2.70. The third-order valence-electron chi connectivity index (χ3n) is 4.89. The summed E-state index contributed by atoms with van der Waals surface area (Å²) in [5, 5.41) is 0. The van der Waals surface area contributed by atoms with Gasteiger partial charge in [0.1, 0.15) is 0 Å². The Morgan fingerprint density at radius 2 is 2.04 bits per heavy atom. The molecule has 2 aliphatic rings. The average Bonchev–Trinajstić information content (AvgIpc) is 2.87. The minimum absolute atomic E-state index is 0.0199. The van der Waals surface area contributed by atoms with Crippen LogP contribution in [0.2, 0.25) is 0 Å². The first-order chi connectivity index (χ1) is 11.9. The fourth-order valence-corrected chi connectivity index (χ4v) is 3.75. The van der Waals surface area contributed by atoms with Crippen LogP contribution < -0.4 is 0 Å². The number of halogens is 2. The standard InChI is InChI=1S/C17H21F2N3O3/c1-25-9-8-21-7-4-16(15(21)24)10-17(18,19)12-22(11-16)14(23)13-2-5-20-6-3-13/h2-3,5-6H,4,7-12H2,1H3/t16-/m1/s1. The number of carbonyl (C=O) groups is 2. The van der Waals surface area contributed by atoms with Gasteiger partial charge in [0, 0.05) is 51.1 Å². The number of rotatable bonds is 4. The zero-order valence-corrected chi connectivity index (χ0v) is 14.1. The molecule has 3 heterocycles. The summed E-state index contributed by atoms with van der Waals surface area (Å²) in [4.78, 5) is 31.9. The van der Waals surface area contributed by atoms with Crippen LogP contribution in [0.4, 0.5) is 8.78 Å². The number of alkyl halides is 2. The number of carbonyl (C=O) groups excluding carboxylic acids is 2. The molecule has 0 N–H and O–H groups in total. The lowest BCUT2D eigenvalue weighted by Crippen LogP contribution is -2.57. The first kappa shape index (κ1) is 17.7. The molecule has 0 unspecified atom stereocenters. The largest absolute Gasteiger partial charge is 0.383 e. The van der Waals surface area contributed by atoms with Crippen molar-refractivity contribution in [1.29, 1.82) is 0 Å². The van der Waals surface area contributed by atoms with E-state index >= 15 is 0 Å². The maximum absolute atomic E-state index is 14.4. The van der Waals surface area contributed by atoms with E-state index in [0.29, 0.717) is 31.7 Å². The Hall–Kier alpha value is -2.09. The number of piperidine rings is 1. The van der Waals surface area contributed by atoms with Gasteiger partial charge < -0.3 is 14.5 Å². The van der Waals surface area contributed by atoms with Crippen LogP contribution in [-0.4, -0.2) is 72.4 Å².